The van der Waals surface area contributed by atoms with E-state index in [1.54, 1.807) is 17.0 Å². The van der Waals surface area contributed by atoms with Crippen molar-refractivity contribution in [3.05, 3.63) is 36.8 Å². The maximum atomic E-state index is 12.9. The average molecular weight is 317 g/mol. The molecule has 3 heterocycles. The number of carbonyl (C=O) groups excluding carboxylic acids is 2. The van der Waals surface area contributed by atoms with Crippen molar-refractivity contribution in [3.63, 3.8) is 0 Å². The Morgan fingerprint density at radius 2 is 2.04 bits per heavy atom. The summed E-state index contributed by atoms with van der Waals surface area (Å²) in [4.78, 5) is 31.3. The van der Waals surface area contributed by atoms with Crippen molar-refractivity contribution >= 4 is 11.8 Å². The molecule has 124 valence electrons. The average Bonchev–Trinajstić information content (AvgIpc) is 3.27. The topological polar surface area (TPSA) is 57.0 Å². The van der Waals surface area contributed by atoms with Gasteiger partial charge in [0, 0.05) is 39.3 Å². The van der Waals surface area contributed by atoms with Crippen molar-refractivity contribution in [2.24, 2.45) is 0 Å². The molecule has 2 saturated heterocycles. The lowest BCUT2D eigenvalue weighted by Gasteiger charge is -2.41. The Hall–Kier alpha value is -2.08. The van der Waals surface area contributed by atoms with E-state index in [9.17, 15) is 9.59 Å². The summed E-state index contributed by atoms with van der Waals surface area (Å²) in [7, 11) is 0. The monoisotopic (exact) mass is 317 g/mol. The molecule has 0 saturated carbocycles. The van der Waals surface area contributed by atoms with Gasteiger partial charge in [0.25, 0.3) is 5.91 Å². The minimum absolute atomic E-state index is 0.0520. The minimum atomic E-state index is -0.445. The molecule has 1 unspecified atom stereocenters. The fraction of sp³-hybridized carbons (Fsp3) is 0.529. The van der Waals surface area contributed by atoms with E-state index < -0.39 is 6.04 Å². The molecule has 0 aliphatic carbocycles. The van der Waals surface area contributed by atoms with Gasteiger partial charge in [-0.1, -0.05) is 6.08 Å². The highest BCUT2D eigenvalue weighted by atomic mass is 16.3. The van der Waals surface area contributed by atoms with Gasteiger partial charge in [-0.15, -0.1) is 6.58 Å². The second-order valence-electron chi connectivity index (χ2n) is 6.07. The van der Waals surface area contributed by atoms with Crippen LogP contribution in [0.15, 0.2) is 35.5 Å². The van der Waals surface area contributed by atoms with Crippen LogP contribution in [-0.2, 0) is 4.79 Å². The summed E-state index contributed by atoms with van der Waals surface area (Å²) >= 11 is 0. The van der Waals surface area contributed by atoms with Gasteiger partial charge in [-0.3, -0.25) is 14.5 Å². The molecule has 1 atom stereocenters. The number of amides is 2. The zero-order valence-corrected chi connectivity index (χ0v) is 13.3. The molecule has 1 aromatic rings. The first-order chi connectivity index (χ1) is 11.2. The number of furan rings is 1. The molecule has 2 fully saturated rings. The van der Waals surface area contributed by atoms with E-state index in [0.29, 0.717) is 18.8 Å². The first-order valence-corrected chi connectivity index (χ1v) is 8.17. The molecular formula is C17H23N3O3. The van der Waals surface area contributed by atoms with Gasteiger partial charge in [-0.2, -0.15) is 0 Å². The van der Waals surface area contributed by atoms with Gasteiger partial charge in [0.05, 0.1) is 6.26 Å². The molecular weight excluding hydrogens is 294 g/mol. The summed E-state index contributed by atoms with van der Waals surface area (Å²) in [5.74, 6) is 0.142. The molecule has 6 nitrogen and oxygen atoms in total. The van der Waals surface area contributed by atoms with E-state index in [1.165, 1.54) is 6.26 Å². The number of rotatable bonds is 4. The van der Waals surface area contributed by atoms with Crippen molar-refractivity contribution in [1.82, 2.24) is 14.7 Å². The summed E-state index contributed by atoms with van der Waals surface area (Å²) < 4.78 is 5.23. The smallest absolute Gasteiger partial charge is 0.290 e. The summed E-state index contributed by atoms with van der Waals surface area (Å²) in [6.07, 6.45) is 5.40. The van der Waals surface area contributed by atoms with E-state index in [2.05, 4.69) is 11.5 Å². The fourth-order valence-electron chi connectivity index (χ4n) is 3.33. The van der Waals surface area contributed by atoms with Gasteiger partial charge in [-0.05, 0) is 25.0 Å². The summed E-state index contributed by atoms with van der Waals surface area (Å²) in [5.41, 5.74) is 0. The van der Waals surface area contributed by atoms with Crippen LogP contribution >= 0.6 is 0 Å². The lowest BCUT2D eigenvalue weighted by molar-refractivity contribution is -0.137. The Morgan fingerprint density at radius 1 is 1.26 bits per heavy atom. The molecule has 23 heavy (non-hydrogen) atoms. The minimum Gasteiger partial charge on any atom is -0.459 e. The highest BCUT2D eigenvalue weighted by Gasteiger charge is 2.38. The van der Waals surface area contributed by atoms with Crippen LogP contribution < -0.4 is 0 Å². The van der Waals surface area contributed by atoms with Gasteiger partial charge < -0.3 is 14.2 Å². The molecule has 3 rings (SSSR count). The Bertz CT molecular complexity index is 564. The first-order valence-electron chi connectivity index (χ1n) is 8.17. The normalized spacial score (nSPS) is 22.3. The van der Waals surface area contributed by atoms with E-state index in [4.69, 9.17) is 4.42 Å². The molecule has 2 amide bonds. The molecule has 0 radical (unpaired) electrons. The quantitative estimate of drug-likeness (QED) is 0.784. The van der Waals surface area contributed by atoms with Crippen LogP contribution in [0.4, 0.5) is 0 Å². The lowest BCUT2D eigenvalue weighted by Crippen LogP contribution is -2.60. The van der Waals surface area contributed by atoms with Crippen molar-refractivity contribution in [2.45, 2.75) is 18.9 Å². The molecule has 1 aromatic heterocycles. The predicted molar refractivity (Wildman–Crippen MR) is 86.0 cm³/mol. The third kappa shape index (κ3) is 3.32. The summed E-state index contributed by atoms with van der Waals surface area (Å²) in [6.45, 7) is 7.89. The maximum Gasteiger partial charge on any atom is 0.290 e. The Morgan fingerprint density at radius 3 is 2.70 bits per heavy atom. The summed E-state index contributed by atoms with van der Waals surface area (Å²) in [5, 5.41) is 0. The first kappa shape index (κ1) is 15.8. The Balaban J connectivity index is 1.79. The van der Waals surface area contributed by atoms with Crippen molar-refractivity contribution < 1.29 is 14.0 Å². The molecule has 0 spiro atoms. The standard InChI is InChI=1S/C17H23N3O3/c1-2-7-18-10-11-20(17(22)15-6-5-12-23-15)14(13-18)16(21)19-8-3-4-9-19/h2,5-6,12,14H,1,3-4,7-11,13H2. The third-order valence-corrected chi connectivity index (χ3v) is 4.55. The SMILES string of the molecule is C=CCN1CCN(C(=O)c2ccco2)C(C(=O)N2CCCC2)C1. The predicted octanol–water partition coefficient (Wildman–Crippen LogP) is 1.21. The molecule has 2 aliphatic rings. The van der Waals surface area contributed by atoms with E-state index >= 15 is 0 Å². The third-order valence-electron chi connectivity index (χ3n) is 4.55. The molecule has 2 aliphatic heterocycles. The van der Waals surface area contributed by atoms with E-state index in [-0.39, 0.29) is 11.8 Å². The van der Waals surface area contributed by atoms with Crippen molar-refractivity contribution in [1.29, 1.82) is 0 Å². The number of nitrogens with zero attached hydrogens (tertiary/aromatic N) is 3. The van der Waals surface area contributed by atoms with Gasteiger partial charge in [0.15, 0.2) is 5.76 Å². The van der Waals surface area contributed by atoms with Crippen LogP contribution in [0.2, 0.25) is 0 Å². The van der Waals surface area contributed by atoms with Crippen molar-refractivity contribution in [3.8, 4) is 0 Å². The molecule has 6 heteroatoms. The Labute approximate surface area is 136 Å². The largest absolute Gasteiger partial charge is 0.459 e. The zero-order valence-electron chi connectivity index (χ0n) is 13.3. The lowest BCUT2D eigenvalue weighted by atomic mass is 10.1. The van der Waals surface area contributed by atoms with Crippen LogP contribution in [0.5, 0.6) is 0 Å². The fourth-order valence-corrected chi connectivity index (χ4v) is 3.33. The van der Waals surface area contributed by atoms with Gasteiger partial charge in [0.2, 0.25) is 5.91 Å². The van der Waals surface area contributed by atoms with E-state index in [0.717, 1.165) is 39.0 Å². The highest BCUT2D eigenvalue weighted by Crippen LogP contribution is 2.19. The Kier molecular flexibility index (Phi) is 4.81. The number of piperazine rings is 1. The van der Waals surface area contributed by atoms with Crippen LogP contribution in [0, 0.1) is 0 Å². The number of hydrogen-bond acceptors (Lipinski definition) is 4. The van der Waals surface area contributed by atoms with Gasteiger partial charge >= 0.3 is 0 Å². The molecule has 0 aromatic carbocycles. The van der Waals surface area contributed by atoms with Crippen LogP contribution in [-0.4, -0.2) is 71.8 Å². The zero-order chi connectivity index (χ0) is 16.2. The maximum absolute atomic E-state index is 12.9. The van der Waals surface area contributed by atoms with Crippen LogP contribution in [0.3, 0.4) is 0 Å². The van der Waals surface area contributed by atoms with Crippen LogP contribution in [0.25, 0.3) is 0 Å². The van der Waals surface area contributed by atoms with Crippen molar-refractivity contribution in [2.75, 3.05) is 39.3 Å². The number of carbonyl (C=O) groups is 2. The second kappa shape index (κ2) is 7.00. The van der Waals surface area contributed by atoms with Gasteiger partial charge in [-0.25, -0.2) is 0 Å². The number of likely N-dealkylation sites (tertiary alicyclic amines) is 1. The summed E-state index contributed by atoms with van der Waals surface area (Å²) in [6, 6.07) is 2.90. The molecule has 0 N–H and O–H groups in total. The highest BCUT2D eigenvalue weighted by molar-refractivity contribution is 5.95. The number of hydrogen-bond donors (Lipinski definition) is 0. The van der Waals surface area contributed by atoms with Gasteiger partial charge in [0.1, 0.15) is 6.04 Å². The van der Waals surface area contributed by atoms with E-state index in [1.807, 2.05) is 11.0 Å². The van der Waals surface area contributed by atoms with Crippen LogP contribution in [0.1, 0.15) is 23.4 Å². The second-order valence-corrected chi connectivity index (χ2v) is 6.07. The molecule has 0 bridgehead atoms.